The monoisotopic (exact) mass is 341 g/mol. The highest BCUT2D eigenvalue weighted by molar-refractivity contribution is 5.63. The Kier molecular flexibility index (Phi) is 6.45. The second-order valence-corrected chi connectivity index (χ2v) is 6.77. The summed E-state index contributed by atoms with van der Waals surface area (Å²) in [6.45, 7) is 0.788. The van der Waals surface area contributed by atoms with E-state index >= 15 is 0 Å². The van der Waals surface area contributed by atoms with E-state index in [1.54, 1.807) is 0 Å². The quantitative estimate of drug-likeness (QED) is 0.724. The molecule has 0 heterocycles. The first-order valence-corrected chi connectivity index (χ1v) is 9.08. The highest BCUT2D eigenvalue weighted by Crippen LogP contribution is 2.22. The van der Waals surface area contributed by atoms with E-state index in [4.69, 9.17) is 4.74 Å². The molecule has 1 aliphatic carbocycles. The van der Waals surface area contributed by atoms with Crippen LogP contribution < -0.4 is 10.1 Å². The summed E-state index contributed by atoms with van der Waals surface area (Å²) in [4.78, 5) is 0. The number of nitrogens with one attached hydrogen (secondary N) is 1. The van der Waals surface area contributed by atoms with E-state index in [1.165, 1.54) is 5.56 Å². The van der Waals surface area contributed by atoms with Crippen molar-refractivity contribution in [3.63, 3.8) is 0 Å². The second kappa shape index (κ2) is 8.99. The van der Waals surface area contributed by atoms with E-state index in [2.05, 4.69) is 17.4 Å². The van der Waals surface area contributed by atoms with Gasteiger partial charge in [-0.1, -0.05) is 42.5 Å². The van der Waals surface area contributed by atoms with Crippen LogP contribution in [0.3, 0.4) is 0 Å². The third kappa shape index (κ3) is 5.56. The van der Waals surface area contributed by atoms with Gasteiger partial charge in [0.25, 0.3) is 0 Å². The molecule has 3 rings (SSSR count). The van der Waals surface area contributed by atoms with Crippen LogP contribution in [0, 0.1) is 0 Å². The summed E-state index contributed by atoms with van der Waals surface area (Å²) < 4.78 is 5.69. The Hall–Kier alpha value is -1.88. The van der Waals surface area contributed by atoms with Gasteiger partial charge in [0.2, 0.25) is 0 Å². The predicted molar refractivity (Wildman–Crippen MR) is 99.6 cm³/mol. The molecule has 0 aromatic heterocycles. The fourth-order valence-electron chi connectivity index (χ4n) is 3.21. The first-order chi connectivity index (χ1) is 12.2. The summed E-state index contributed by atoms with van der Waals surface area (Å²) in [6, 6.07) is 18.5. The number of benzene rings is 2. The van der Waals surface area contributed by atoms with Gasteiger partial charge in [-0.15, -0.1) is 0 Å². The number of ether oxygens (including phenoxy) is 1. The Balaban J connectivity index is 1.40. The van der Waals surface area contributed by atoms with Crippen LogP contribution in [0.25, 0.3) is 11.1 Å². The van der Waals surface area contributed by atoms with Crippen molar-refractivity contribution in [3.8, 4) is 16.9 Å². The first-order valence-electron chi connectivity index (χ1n) is 9.08. The molecule has 0 spiro atoms. The largest absolute Gasteiger partial charge is 0.491 e. The normalized spacial score (nSPS) is 21.7. The van der Waals surface area contributed by atoms with E-state index < -0.39 is 6.10 Å². The van der Waals surface area contributed by atoms with Crippen LogP contribution in [0.5, 0.6) is 5.75 Å². The summed E-state index contributed by atoms with van der Waals surface area (Å²) in [5.74, 6) is 0.763. The average Bonchev–Trinajstić information content (AvgIpc) is 2.67. The van der Waals surface area contributed by atoms with Crippen molar-refractivity contribution < 1.29 is 14.9 Å². The highest BCUT2D eigenvalue weighted by atomic mass is 16.5. The Morgan fingerprint density at radius 2 is 1.56 bits per heavy atom. The lowest BCUT2D eigenvalue weighted by Crippen LogP contribution is -2.40. The maximum absolute atomic E-state index is 10.1. The third-order valence-corrected chi connectivity index (χ3v) is 4.74. The molecule has 0 saturated heterocycles. The van der Waals surface area contributed by atoms with Crippen molar-refractivity contribution in [1.29, 1.82) is 0 Å². The molecule has 2 aromatic rings. The predicted octanol–water partition coefficient (Wildman–Crippen LogP) is 2.99. The van der Waals surface area contributed by atoms with Crippen molar-refractivity contribution in [2.75, 3.05) is 13.2 Å². The number of aliphatic hydroxyl groups excluding tert-OH is 2. The van der Waals surface area contributed by atoms with E-state index in [0.717, 1.165) is 37.0 Å². The summed E-state index contributed by atoms with van der Waals surface area (Å²) in [7, 11) is 0. The fraction of sp³-hybridized carbons (Fsp3) is 0.429. The molecule has 1 aliphatic rings. The van der Waals surface area contributed by atoms with E-state index in [9.17, 15) is 10.2 Å². The van der Waals surface area contributed by atoms with Crippen molar-refractivity contribution in [2.24, 2.45) is 0 Å². The zero-order valence-corrected chi connectivity index (χ0v) is 14.5. The summed E-state index contributed by atoms with van der Waals surface area (Å²) in [5, 5.41) is 23.0. The van der Waals surface area contributed by atoms with Crippen LogP contribution in [0.2, 0.25) is 0 Å². The van der Waals surface area contributed by atoms with Crippen LogP contribution >= 0.6 is 0 Å². The van der Waals surface area contributed by atoms with Gasteiger partial charge in [-0.25, -0.2) is 0 Å². The molecule has 134 valence electrons. The first kappa shape index (κ1) is 17.9. The van der Waals surface area contributed by atoms with Gasteiger partial charge in [0.05, 0.1) is 6.10 Å². The van der Waals surface area contributed by atoms with Gasteiger partial charge in [-0.05, 0) is 48.9 Å². The number of hydrogen-bond acceptors (Lipinski definition) is 4. The van der Waals surface area contributed by atoms with Crippen LogP contribution in [-0.4, -0.2) is 41.6 Å². The Bertz CT molecular complexity index is 621. The summed E-state index contributed by atoms with van der Waals surface area (Å²) in [5.41, 5.74) is 2.32. The smallest absolute Gasteiger partial charge is 0.119 e. The van der Waals surface area contributed by atoms with Crippen molar-refractivity contribution in [1.82, 2.24) is 5.32 Å². The summed E-state index contributed by atoms with van der Waals surface area (Å²) >= 11 is 0. The van der Waals surface area contributed by atoms with Crippen molar-refractivity contribution in [3.05, 3.63) is 54.6 Å². The number of aliphatic hydroxyl groups is 2. The molecule has 3 N–H and O–H groups in total. The van der Waals surface area contributed by atoms with Crippen LogP contribution in [0.15, 0.2) is 54.6 Å². The minimum Gasteiger partial charge on any atom is -0.491 e. The maximum atomic E-state index is 10.1. The van der Waals surface area contributed by atoms with Gasteiger partial charge in [0.1, 0.15) is 18.5 Å². The lowest BCUT2D eigenvalue weighted by atomic mass is 9.93. The molecule has 0 amide bonds. The van der Waals surface area contributed by atoms with Crippen molar-refractivity contribution >= 4 is 0 Å². The molecule has 1 saturated carbocycles. The van der Waals surface area contributed by atoms with E-state index in [0.29, 0.717) is 12.6 Å². The van der Waals surface area contributed by atoms with Crippen LogP contribution in [0.1, 0.15) is 25.7 Å². The molecule has 4 nitrogen and oxygen atoms in total. The zero-order chi connectivity index (χ0) is 17.5. The molecular weight excluding hydrogens is 314 g/mol. The van der Waals surface area contributed by atoms with Crippen LogP contribution in [0.4, 0.5) is 0 Å². The molecule has 1 atom stereocenters. The molecule has 1 fully saturated rings. The van der Waals surface area contributed by atoms with E-state index in [1.807, 2.05) is 42.5 Å². The average molecular weight is 341 g/mol. The molecule has 0 unspecified atom stereocenters. The molecule has 0 aliphatic heterocycles. The Morgan fingerprint density at radius 3 is 2.24 bits per heavy atom. The molecule has 4 heteroatoms. The molecule has 0 bridgehead atoms. The van der Waals surface area contributed by atoms with Gasteiger partial charge in [0, 0.05) is 12.6 Å². The van der Waals surface area contributed by atoms with E-state index in [-0.39, 0.29) is 12.7 Å². The SMILES string of the molecule is OC1CCC(NC[C@@H](O)COc2ccc(-c3ccccc3)cc2)CC1. The molecule has 0 radical (unpaired) electrons. The lowest BCUT2D eigenvalue weighted by Gasteiger charge is -2.27. The molecular formula is C21H27NO3. The standard InChI is InChI=1S/C21H27NO3/c23-19-10-8-18(9-11-19)22-14-20(24)15-25-21-12-6-17(7-13-21)16-4-2-1-3-5-16/h1-7,12-13,18-20,22-24H,8-11,14-15H2/t18?,19?,20-/m1/s1. The topological polar surface area (TPSA) is 61.7 Å². The van der Waals surface area contributed by atoms with Gasteiger partial charge in [0.15, 0.2) is 0 Å². The van der Waals surface area contributed by atoms with Gasteiger partial charge < -0.3 is 20.3 Å². The molecule has 2 aromatic carbocycles. The fourth-order valence-corrected chi connectivity index (χ4v) is 3.21. The van der Waals surface area contributed by atoms with Gasteiger partial charge in [-0.2, -0.15) is 0 Å². The number of rotatable bonds is 7. The van der Waals surface area contributed by atoms with Crippen molar-refractivity contribution in [2.45, 2.75) is 43.9 Å². The Labute approximate surface area is 149 Å². The lowest BCUT2D eigenvalue weighted by molar-refractivity contribution is 0.0901. The highest BCUT2D eigenvalue weighted by Gasteiger charge is 2.19. The molecule has 25 heavy (non-hydrogen) atoms. The second-order valence-electron chi connectivity index (χ2n) is 6.77. The van der Waals surface area contributed by atoms with Crippen LogP contribution in [-0.2, 0) is 0 Å². The Morgan fingerprint density at radius 1 is 0.920 bits per heavy atom. The zero-order valence-electron chi connectivity index (χ0n) is 14.5. The number of hydrogen-bond donors (Lipinski definition) is 3. The third-order valence-electron chi connectivity index (χ3n) is 4.74. The van der Waals surface area contributed by atoms with Gasteiger partial charge >= 0.3 is 0 Å². The minimum absolute atomic E-state index is 0.148. The maximum Gasteiger partial charge on any atom is 0.119 e. The summed E-state index contributed by atoms with van der Waals surface area (Å²) in [6.07, 6.45) is 2.94. The minimum atomic E-state index is -0.541. The van der Waals surface area contributed by atoms with Gasteiger partial charge in [-0.3, -0.25) is 0 Å².